The Morgan fingerprint density at radius 3 is 2.34 bits per heavy atom. The molecule has 2 aliphatic rings. The molecule has 13 heteroatoms. The first-order valence-corrected chi connectivity index (χ1v) is 12.6. The highest BCUT2D eigenvalue weighted by atomic mass is 16.5. The minimum Gasteiger partial charge on any atom is -0.483 e. The van der Waals surface area contributed by atoms with Crippen LogP contribution in [0, 0.1) is 0 Å². The number of nitrogens with zero attached hydrogens (tertiary/aromatic N) is 1. The molecule has 2 heterocycles. The Hall–Kier alpha value is -3.39. The number of hydrogen-bond donors (Lipinski definition) is 3. The van der Waals surface area contributed by atoms with E-state index in [9.17, 15) is 24.0 Å². The maximum absolute atomic E-state index is 13.0. The van der Waals surface area contributed by atoms with Crippen LogP contribution in [0.5, 0.6) is 5.75 Å². The molecule has 208 valence electrons. The van der Waals surface area contributed by atoms with E-state index in [0.29, 0.717) is 59.2 Å². The van der Waals surface area contributed by atoms with Crippen LogP contribution in [0.4, 0.5) is 0 Å². The van der Waals surface area contributed by atoms with Gasteiger partial charge in [-0.2, -0.15) is 0 Å². The van der Waals surface area contributed by atoms with E-state index in [2.05, 4.69) is 10.6 Å². The van der Waals surface area contributed by atoms with Crippen molar-refractivity contribution in [2.24, 2.45) is 5.73 Å². The van der Waals surface area contributed by atoms with Gasteiger partial charge in [0.1, 0.15) is 11.8 Å². The van der Waals surface area contributed by atoms with Crippen LogP contribution < -0.4 is 21.1 Å². The molecule has 0 spiro atoms. The van der Waals surface area contributed by atoms with Gasteiger partial charge in [0.15, 0.2) is 6.61 Å². The summed E-state index contributed by atoms with van der Waals surface area (Å²) in [6, 6.07) is 3.39. The van der Waals surface area contributed by atoms with Crippen LogP contribution in [0.25, 0.3) is 0 Å². The Bertz CT molecular complexity index is 1020. The number of piperidine rings is 1. The molecule has 2 aliphatic heterocycles. The molecule has 0 bridgehead atoms. The zero-order chi connectivity index (χ0) is 27.3. The summed E-state index contributed by atoms with van der Waals surface area (Å²) >= 11 is 0. The van der Waals surface area contributed by atoms with E-state index in [0.717, 1.165) is 11.3 Å². The van der Waals surface area contributed by atoms with Crippen LogP contribution >= 0.6 is 0 Å². The van der Waals surface area contributed by atoms with E-state index in [1.807, 2.05) is 0 Å². The van der Waals surface area contributed by atoms with Gasteiger partial charge in [0.2, 0.25) is 11.8 Å². The number of nitrogens with two attached hydrogens (primary N) is 1. The third-order valence-electron chi connectivity index (χ3n) is 5.81. The molecule has 1 atom stereocenters. The van der Waals surface area contributed by atoms with Gasteiger partial charge in [-0.15, -0.1) is 0 Å². The van der Waals surface area contributed by atoms with E-state index in [4.69, 9.17) is 24.7 Å². The first-order chi connectivity index (χ1) is 18.4. The maximum Gasteiger partial charge on any atom is 0.266 e. The fourth-order valence-corrected chi connectivity index (χ4v) is 3.93. The number of rotatable bonds is 17. The SMILES string of the molecule is NCCCOCCOCCOCCCNC(=O)COc1cccc2c1C(=O)N(C1CCC(=O)NC1=O)C2=O. The molecule has 1 fully saturated rings. The van der Waals surface area contributed by atoms with Crippen molar-refractivity contribution in [3.05, 3.63) is 29.3 Å². The van der Waals surface area contributed by atoms with Crippen molar-refractivity contribution < 1.29 is 42.9 Å². The molecule has 3 rings (SSSR count). The number of ether oxygens (including phenoxy) is 4. The van der Waals surface area contributed by atoms with Gasteiger partial charge in [0.05, 0.1) is 37.6 Å². The number of benzene rings is 1. The lowest BCUT2D eigenvalue weighted by Gasteiger charge is -2.27. The van der Waals surface area contributed by atoms with Gasteiger partial charge in [0.25, 0.3) is 17.7 Å². The summed E-state index contributed by atoms with van der Waals surface area (Å²) in [7, 11) is 0. The fraction of sp³-hybridized carbons (Fsp3) is 0.560. The summed E-state index contributed by atoms with van der Waals surface area (Å²) in [4.78, 5) is 62.6. The maximum atomic E-state index is 13.0. The van der Waals surface area contributed by atoms with Crippen molar-refractivity contribution in [3.8, 4) is 5.75 Å². The molecule has 5 amide bonds. The number of hydrogen-bond acceptors (Lipinski definition) is 10. The Morgan fingerprint density at radius 1 is 0.974 bits per heavy atom. The lowest BCUT2D eigenvalue weighted by molar-refractivity contribution is -0.136. The highest BCUT2D eigenvalue weighted by molar-refractivity contribution is 6.24. The van der Waals surface area contributed by atoms with E-state index in [-0.39, 0.29) is 36.3 Å². The fourth-order valence-electron chi connectivity index (χ4n) is 3.93. The largest absolute Gasteiger partial charge is 0.483 e. The van der Waals surface area contributed by atoms with Crippen LogP contribution in [0.15, 0.2) is 18.2 Å². The molecule has 1 unspecified atom stereocenters. The third-order valence-corrected chi connectivity index (χ3v) is 5.81. The standard InChI is InChI=1S/C25H34N4O9/c26-8-2-10-35-12-14-37-15-13-36-11-3-9-27-21(31)16-38-19-5-1-4-17-22(19)25(34)29(24(17)33)18-6-7-20(30)28-23(18)32/h1,4-5,18H,2-3,6-16,26H2,(H,27,31)(H,28,30,32). The minimum atomic E-state index is -1.08. The van der Waals surface area contributed by atoms with Crippen molar-refractivity contribution in [3.63, 3.8) is 0 Å². The number of carbonyl (C=O) groups excluding carboxylic acids is 5. The van der Waals surface area contributed by atoms with E-state index in [1.165, 1.54) is 18.2 Å². The molecule has 0 aromatic heterocycles. The molecule has 0 saturated carbocycles. The van der Waals surface area contributed by atoms with Crippen molar-refractivity contribution in [1.29, 1.82) is 0 Å². The van der Waals surface area contributed by atoms with Gasteiger partial charge >= 0.3 is 0 Å². The average Bonchev–Trinajstić information content (AvgIpc) is 3.15. The summed E-state index contributed by atoms with van der Waals surface area (Å²) in [5.41, 5.74) is 5.45. The summed E-state index contributed by atoms with van der Waals surface area (Å²) in [5, 5.41) is 4.85. The van der Waals surface area contributed by atoms with Crippen molar-refractivity contribution in [2.45, 2.75) is 31.7 Å². The molecule has 1 saturated heterocycles. The number of amides is 5. The number of carbonyl (C=O) groups is 5. The van der Waals surface area contributed by atoms with Gasteiger partial charge in [-0.25, -0.2) is 0 Å². The lowest BCUT2D eigenvalue weighted by atomic mass is 10.0. The zero-order valence-corrected chi connectivity index (χ0v) is 21.2. The van der Waals surface area contributed by atoms with E-state index in [1.54, 1.807) is 0 Å². The van der Waals surface area contributed by atoms with E-state index >= 15 is 0 Å². The first kappa shape index (κ1) is 29.2. The van der Waals surface area contributed by atoms with Crippen molar-refractivity contribution in [1.82, 2.24) is 15.5 Å². The van der Waals surface area contributed by atoms with Crippen LogP contribution in [0.3, 0.4) is 0 Å². The smallest absolute Gasteiger partial charge is 0.266 e. The van der Waals surface area contributed by atoms with Gasteiger partial charge < -0.3 is 30.0 Å². The lowest BCUT2D eigenvalue weighted by Crippen LogP contribution is -2.54. The molecule has 13 nitrogen and oxygen atoms in total. The molecular formula is C25H34N4O9. The molecule has 38 heavy (non-hydrogen) atoms. The van der Waals surface area contributed by atoms with Crippen LogP contribution in [-0.4, -0.2) is 99.8 Å². The molecule has 4 N–H and O–H groups in total. The number of fused-ring (bicyclic) bond motifs is 1. The number of nitrogens with one attached hydrogen (secondary N) is 2. The Kier molecular flexibility index (Phi) is 11.6. The van der Waals surface area contributed by atoms with Crippen molar-refractivity contribution in [2.75, 3.05) is 59.3 Å². The Labute approximate surface area is 220 Å². The van der Waals surface area contributed by atoms with E-state index < -0.39 is 35.6 Å². The Morgan fingerprint density at radius 2 is 1.66 bits per heavy atom. The summed E-state index contributed by atoms with van der Waals surface area (Å²) in [6.07, 6.45) is 1.49. The van der Waals surface area contributed by atoms with Crippen LogP contribution in [0.2, 0.25) is 0 Å². The monoisotopic (exact) mass is 534 g/mol. The summed E-state index contributed by atoms with van der Waals surface area (Å²) in [5.74, 6) is -2.82. The highest BCUT2D eigenvalue weighted by Gasteiger charge is 2.46. The second-order valence-electron chi connectivity index (χ2n) is 8.60. The topological polar surface area (TPSA) is 176 Å². The highest BCUT2D eigenvalue weighted by Crippen LogP contribution is 2.33. The first-order valence-electron chi connectivity index (χ1n) is 12.6. The van der Waals surface area contributed by atoms with Crippen LogP contribution in [0.1, 0.15) is 46.4 Å². The van der Waals surface area contributed by atoms with Gasteiger partial charge in [-0.05, 0) is 37.9 Å². The summed E-state index contributed by atoms with van der Waals surface area (Å²) < 4.78 is 21.7. The molecule has 0 aliphatic carbocycles. The van der Waals surface area contributed by atoms with Gasteiger partial charge in [0, 0.05) is 26.2 Å². The second-order valence-corrected chi connectivity index (χ2v) is 8.60. The molecule has 1 aromatic rings. The quantitative estimate of drug-likeness (QED) is 0.172. The average molecular weight is 535 g/mol. The molecular weight excluding hydrogens is 500 g/mol. The second kappa shape index (κ2) is 15.1. The minimum absolute atomic E-state index is 0.00672. The molecule has 1 aromatic carbocycles. The Balaban J connectivity index is 1.34. The zero-order valence-electron chi connectivity index (χ0n) is 21.2. The third kappa shape index (κ3) is 8.05. The van der Waals surface area contributed by atoms with Gasteiger partial charge in [-0.1, -0.05) is 6.07 Å². The van der Waals surface area contributed by atoms with Crippen molar-refractivity contribution >= 4 is 29.5 Å². The summed E-state index contributed by atoms with van der Waals surface area (Å²) in [6.45, 7) is 3.56. The molecule has 0 radical (unpaired) electrons. The van der Waals surface area contributed by atoms with Gasteiger partial charge in [-0.3, -0.25) is 34.2 Å². The number of imide groups is 2. The normalized spacial score (nSPS) is 17.0. The predicted molar refractivity (Wildman–Crippen MR) is 132 cm³/mol. The predicted octanol–water partition coefficient (Wildman–Crippen LogP) is -0.628. The van der Waals surface area contributed by atoms with Crippen LogP contribution in [-0.2, 0) is 28.6 Å².